The molecule has 0 aliphatic carbocycles. The van der Waals surface area contributed by atoms with Gasteiger partial charge in [0.2, 0.25) is 11.9 Å². The normalized spacial score (nSPS) is 17.8. The second-order valence-corrected chi connectivity index (χ2v) is 12.0. The van der Waals surface area contributed by atoms with Crippen molar-refractivity contribution < 1.29 is 34.0 Å². The number of nitrogens with zero attached hydrogens (tertiary/aromatic N) is 4. The van der Waals surface area contributed by atoms with Crippen molar-refractivity contribution in [2.24, 2.45) is 17.3 Å². The summed E-state index contributed by atoms with van der Waals surface area (Å²) in [5.74, 6) is 2.18. The van der Waals surface area contributed by atoms with E-state index in [1.165, 1.54) is 6.07 Å². The Morgan fingerprint density at radius 3 is 2.33 bits per heavy atom. The molecule has 1 aromatic carbocycles. The van der Waals surface area contributed by atoms with E-state index in [0.29, 0.717) is 62.1 Å². The molecule has 1 aromatic heterocycles. The van der Waals surface area contributed by atoms with Crippen molar-refractivity contribution in [1.82, 2.24) is 14.9 Å². The standard InChI is InChI=1S/C32H47FN4O6/c1-2-42-28-18-34-31(35-19-28)36-12-8-24(9-13-36)4-3-15-43-27-6-5-26(29(33)17-27)16-30(41)37-14-10-25(20-37)7-11-32(21-38,22-39)23-40/h5-6,17-19,24-25,38-40H,2-4,7-16,20-23H2,1H3/t25-/m1/s1. The summed E-state index contributed by atoms with van der Waals surface area (Å²) in [5, 5.41) is 28.6. The second kappa shape index (κ2) is 16.2. The number of carbonyl (C=O) groups excluding carboxylic acids is 1. The molecule has 4 rings (SSSR count). The lowest BCUT2D eigenvalue weighted by atomic mass is 9.83. The fourth-order valence-electron chi connectivity index (χ4n) is 5.93. The van der Waals surface area contributed by atoms with Crippen LogP contribution >= 0.6 is 0 Å². The average Bonchev–Trinajstić information content (AvgIpc) is 3.52. The fraction of sp³-hybridized carbons (Fsp3) is 0.656. The monoisotopic (exact) mass is 602 g/mol. The van der Waals surface area contributed by atoms with Crippen LogP contribution in [0.25, 0.3) is 0 Å². The number of likely N-dealkylation sites (tertiary alicyclic amines) is 1. The van der Waals surface area contributed by atoms with Crippen LogP contribution in [0.5, 0.6) is 11.5 Å². The lowest BCUT2D eigenvalue weighted by molar-refractivity contribution is -0.129. The second-order valence-electron chi connectivity index (χ2n) is 12.0. The van der Waals surface area contributed by atoms with Crippen LogP contribution in [0.1, 0.15) is 57.4 Å². The molecule has 10 nitrogen and oxygen atoms in total. The van der Waals surface area contributed by atoms with Crippen molar-refractivity contribution in [3.8, 4) is 11.5 Å². The van der Waals surface area contributed by atoms with Gasteiger partial charge in [0.1, 0.15) is 11.6 Å². The smallest absolute Gasteiger partial charge is 0.227 e. The molecule has 11 heteroatoms. The zero-order valence-corrected chi connectivity index (χ0v) is 25.3. The summed E-state index contributed by atoms with van der Waals surface area (Å²) in [4.78, 5) is 25.7. The first kappa shape index (κ1) is 32.9. The highest BCUT2D eigenvalue weighted by atomic mass is 19.1. The van der Waals surface area contributed by atoms with Crippen LogP contribution in [-0.2, 0) is 11.2 Å². The number of hydrogen-bond donors (Lipinski definition) is 3. The van der Waals surface area contributed by atoms with Crippen molar-refractivity contribution in [3.05, 3.63) is 42.0 Å². The number of aliphatic hydroxyl groups excluding tert-OH is 3. The molecule has 2 fully saturated rings. The molecule has 0 unspecified atom stereocenters. The largest absolute Gasteiger partial charge is 0.493 e. The summed E-state index contributed by atoms with van der Waals surface area (Å²) in [7, 11) is 0. The maximum atomic E-state index is 14.8. The number of carbonyl (C=O) groups is 1. The lowest BCUT2D eigenvalue weighted by Crippen LogP contribution is -2.35. The van der Waals surface area contributed by atoms with Gasteiger partial charge < -0.3 is 34.6 Å². The van der Waals surface area contributed by atoms with Crippen molar-refractivity contribution in [3.63, 3.8) is 0 Å². The first-order chi connectivity index (χ1) is 20.9. The SMILES string of the molecule is CCOc1cnc(N2CCC(CCCOc3ccc(CC(=O)N4CC[C@@H](CCC(CO)(CO)CO)C4)c(F)c3)CC2)nc1. The van der Waals surface area contributed by atoms with Gasteiger partial charge in [-0.1, -0.05) is 6.07 Å². The van der Waals surface area contributed by atoms with Crippen LogP contribution < -0.4 is 14.4 Å². The maximum absolute atomic E-state index is 14.8. The van der Waals surface area contributed by atoms with E-state index < -0.39 is 11.2 Å². The molecule has 3 heterocycles. The number of rotatable bonds is 16. The van der Waals surface area contributed by atoms with Gasteiger partial charge in [0.05, 0.1) is 51.8 Å². The molecule has 2 aliphatic rings. The maximum Gasteiger partial charge on any atom is 0.227 e. The predicted octanol–water partition coefficient (Wildman–Crippen LogP) is 3.22. The molecule has 43 heavy (non-hydrogen) atoms. The number of piperidine rings is 1. The minimum absolute atomic E-state index is 0.00685. The third-order valence-electron chi connectivity index (χ3n) is 8.94. The van der Waals surface area contributed by atoms with Crippen molar-refractivity contribution >= 4 is 11.9 Å². The molecule has 3 N–H and O–H groups in total. The van der Waals surface area contributed by atoms with Crippen LogP contribution in [0.15, 0.2) is 30.6 Å². The summed E-state index contributed by atoms with van der Waals surface area (Å²) in [6, 6.07) is 4.72. The van der Waals surface area contributed by atoms with E-state index in [-0.39, 0.29) is 38.1 Å². The predicted molar refractivity (Wildman–Crippen MR) is 161 cm³/mol. The van der Waals surface area contributed by atoms with E-state index in [1.54, 1.807) is 29.4 Å². The molecule has 0 saturated carbocycles. The Morgan fingerprint density at radius 1 is 0.977 bits per heavy atom. The molecular weight excluding hydrogens is 555 g/mol. The molecule has 2 saturated heterocycles. The molecule has 1 atom stereocenters. The van der Waals surface area contributed by atoms with Crippen LogP contribution in [0.3, 0.4) is 0 Å². The van der Waals surface area contributed by atoms with Crippen LogP contribution in [0.4, 0.5) is 10.3 Å². The first-order valence-electron chi connectivity index (χ1n) is 15.6. The van der Waals surface area contributed by atoms with E-state index >= 15 is 0 Å². The molecule has 2 aromatic rings. The van der Waals surface area contributed by atoms with Gasteiger partial charge in [0, 0.05) is 37.7 Å². The average molecular weight is 603 g/mol. The van der Waals surface area contributed by atoms with Crippen LogP contribution in [0.2, 0.25) is 0 Å². The van der Waals surface area contributed by atoms with Crippen LogP contribution in [-0.4, -0.2) is 95.3 Å². The fourth-order valence-corrected chi connectivity index (χ4v) is 5.93. The minimum atomic E-state index is -0.893. The Labute approximate surface area is 253 Å². The van der Waals surface area contributed by atoms with Gasteiger partial charge in [-0.15, -0.1) is 0 Å². The number of ether oxygens (including phenoxy) is 2. The highest BCUT2D eigenvalue weighted by molar-refractivity contribution is 5.79. The van der Waals surface area contributed by atoms with Gasteiger partial charge in [0.15, 0.2) is 5.75 Å². The van der Waals surface area contributed by atoms with Gasteiger partial charge >= 0.3 is 0 Å². The summed E-state index contributed by atoms with van der Waals surface area (Å²) < 4.78 is 26.1. The molecule has 1 amide bonds. The Kier molecular flexibility index (Phi) is 12.4. The van der Waals surface area contributed by atoms with Crippen molar-refractivity contribution in [1.29, 1.82) is 0 Å². The zero-order chi connectivity index (χ0) is 30.7. The molecular formula is C32H47FN4O6. The summed E-state index contributed by atoms with van der Waals surface area (Å²) >= 11 is 0. The minimum Gasteiger partial charge on any atom is -0.493 e. The summed E-state index contributed by atoms with van der Waals surface area (Å²) in [5.41, 5.74) is -0.542. The number of anilines is 1. The van der Waals surface area contributed by atoms with Crippen molar-refractivity contribution in [2.75, 3.05) is 64.1 Å². The summed E-state index contributed by atoms with van der Waals surface area (Å²) in [6.07, 6.45) is 9.50. The number of aliphatic hydroxyl groups is 3. The quantitative estimate of drug-likeness (QED) is 0.248. The Hall–Kier alpha value is -3.02. The number of amides is 1. The van der Waals surface area contributed by atoms with E-state index in [2.05, 4.69) is 14.9 Å². The number of hydrogen-bond acceptors (Lipinski definition) is 9. The first-order valence-corrected chi connectivity index (χ1v) is 15.6. The Balaban J connectivity index is 1.13. The van der Waals surface area contributed by atoms with E-state index in [1.807, 2.05) is 6.92 Å². The van der Waals surface area contributed by atoms with E-state index in [0.717, 1.165) is 51.1 Å². The molecule has 0 spiro atoms. The molecule has 0 bridgehead atoms. The van der Waals surface area contributed by atoms with Gasteiger partial charge in [-0.05, 0) is 75.3 Å². The molecule has 238 valence electrons. The Morgan fingerprint density at radius 2 is 1.67 bits per heavy atom. The molecule has 2 aliphatic heterocycles. The van der Waals surface area contributed by atoms with E-state index in [4.69, 9.17) is 9.47 Å². The number of benzene rings is 1. The van der Waals surface area contributed by atoms with Gasteiger partial charge in [-0.3, -0.25) is 4.79 Å². The number of halogens is 1. The third-order valence-corrected chi connectivity index (χ3v) is 8.94. The Bertz CT molecular complexity index is 1130. The third kappa shape index (κ3) is 9.23. The van der Waals surface area contributed by atoms with Crippen molar-refractivity contribution in [2.45, 2.75) is 58.3 Å². The van der Waals surface area contributed by atoms with Gasteiger partial charge in [-0.25, -0.2) is 14.4 Å². The molecule has 0 radical (unpaired) electrons. The van der Waals surface area contributed by atoms with Gasteiger partial charge in [0.25, 0.3) is 0 Å². The topological polar surface area (TPSA) is 128 Å². The zero-order valence-electron chi connectivity index (χ0n) is 25.3. The van der Waals surface area contributed by atoms with Gasteiger partial charge in [-0.2, -0.15) is 0 Å². The highest BCUT2D eigenvalue weighted by Gasteiger charge is 2.32. The lowest BCUT2D eigenvalue weighted by Gasteiger charge is -2.32. The number of aromatic nitrogens is 2. The highest BCUT2D eigenvalue weighted by Crippen LogP contribution is 2.30. The summed E-state index contributed by atoms with van der Waals surface area (Å²) in [6.45, 7) is 5.19. The van der Waals surface area contributed by atoms with E-state index in [9.17, 15) is 24.5 Å². The van der Waals surface area contributed by atoms with Crippen LogP contribution in [0, 0.1) is 23.1 Å².